The van der Waals surface area contributed by atoms with Gasteiger partial charge in [-0.2, -0.15) is 0 Å². The third-order valence-electron chi connectivity index (χ3n) is 3.28. The predicted octanol–water partition coefficient (Wildman–Crippen LogP) is 1.34. The highest BCUT2D eigenvalue weighted by atomic mass is 19.2. The summed E-state index contributed by atoms with van der Waals surface area (Å²) < 4.78 is 39.2. The van der Waals surface area contributed by atoms with Crippen LogP contribution in [0.2, 0.25) is 0 Å². The molecule has 108 valence electrons. The van der Waals surface area contributed by atoms with Crippen molar-refractivity contribution >= 4 is 11.8 Å². The summed E-state index contributed by atoms with van der Waals surface area (Å²) in [5, 5.41) is 2.75. The molecular formula is C13H13F3N2O2. The van der Waals surface area contributed by atoms with Gasteiger partial charge in [-0.25, -0.2) is 13.2 Å². The Bertz CT molecular complexity index is 563. The van der Waals surface area contributed by atoms with Crippen LogP contribution in [0.1, 0.15) is 18.4 Å². The number of carbonyl (C=O) groups excluding carboxylic acids is 2. The Morgan fingerprint density at radius 3 is 2.55 bits per heavy atom. The summed E-state index contributed by atoms with van der Waals surface area (Å²) in [5.74, 6) is -3.98. The van der Waals surface area contributed by atoms with Gasteiger partial charge in [0.2, 0.25) is 11.8 Å². The van der Waals surface area contributed by atoms with Crippen molar-refractivity contribution in [2.75, 3.05) is 7.05 Å². The summed E-state index contributed by atoms with van der Waals surface area (Å²) in [7, 11) is 1.37. The molecular weight excluding hydrogens is 273 g/mol. The number of imide groups is 1. The number of rotatable bonds is 3. The van der Waals surface area contributed by atoms with Crippen molar-refractivity contribution in [2.24, 2.45) is 0 Å². The average Bonchev–Trinajstić information content (AvgIpc) is 2.40. The fourth-order valence-corrected chi connectivity index (χ4v) is 2.04. The molecule has 4 nitrogen and oxygen atoms in total. The number of nitrogens with one attached hydrogen (secondary N) is 1. The van der Waals surface area contributed by atoms with Crippen molar-refractivity contribution in [2.45, 2.75) is 25.4 Å². The lowest BCUT2D eigenvalue weighted by Crippen LogP contribution is -2.51. The Labute approximate surface area is 113 Å². The topological polar surface area (TPSA) is 49.4 Å². The van der Waals surface area contributed by atoms with Gasteiger partial charge in [0.25, 0.3) is 0 Å². The van der Waals surface area contributed by atoms with E-state index < -0.39 is 29.4 Å². The highest BCUT2D eigenvalue weighted by Gasteiger charge is 2.31. The molecule has 1 heterocycles. The van der Waals surface area contributed by atoms with Crippen LogP contribution < -0.4 is 5.32 Å². The average molecular weight is 286 g/mol. The molecule has 0 bridgehead atoms. The van der Waals surface area contributed by atoms with E-state index in [2.05, 4.69) is 5.32 Å². The second-order valence-corrected chi connectivity index (χ2v) is 4.62. The van der Waals surface area contributed by atoms with Crippen molar-refractivity contribution in [1.82, 2.24) is 10.2 Å². The molecule has 1 N–H and O–H groups in total. The van der Waals surface area contributed by atoms with E-state index in [0.717, 1.165) is 11.0 Å². The fraction of sp³-hybridized carbons (Fsp3) is 0.385. The Morgan fingerprint density at radius 2 is 1.85 bits per heavy atom. The van der Waals surface area contributed by atoms with Gasteiger partial charge >= 0.3 is 0 Å². The second-order valence-electron chi connectivity index (χ2n) is 4.62. The predicted molar refractivity (Wildman–Crippen MR) is 64.0 cm³/mol. The summed E-state index contributed by atoms with van der Waals surface area (Å²) in [5.41, 5.74) is -0.0729. The van der Waals surface area contributed by atoms with E-state index in [4.69, 9.17) is 0 Å². The first-order valence-corrected chi connectivity index (χ1v) is 6.07. The van der Waals surface area contributed by atoms with E-state index in [1.54, 1.807) is 0 Å². The summed E-state index contributed by atoms with van der Waals surface area (Å²) in [4.78, 5) is 24.1. The Morgan fingerprint density at radius 1 is 1.20 bits per heavy atom. The number of benzene rings is 1. The van der Waals surface area contributed by atoms with Crippen LogP contribution in [0, 0.1) is 17.5 Å². The van der Waals surface area contributed by atoms with Crippen molar-refractivity contribution < 1.29 is 22.8 Å². The first kappa shape index (κ1) is 14.5. The molecule has 1 aliphatic rings. The van der Waals surface area contributed by atoms with Crippen LogP contribution in [0.3, 0.4) is 0 Å². The Hall–Kier alpha value is -1.89. The van der Waals surface area contributed by atoms with E-state index >= 15 is 0 Å². The number of likely N-dealkylation sites (N-methyl/N-ethyl adjacent to an activating group) is 1. The monoisotopic (exact) mass is 286 g/mol. The molecule has 1 aliphatic heterocycles. The lowest BCUT2D eigenvalue weighted by molar-refractivity contribution is -0.148. The molecule has 1 unspecified atom stereocenters. The minimum absolute atomic E-state index is 0.0729. The summed E-state index contributed by atoms with van der Waals surface area (Å²) >= 11 is 0. The van der Waals surface area contributed by atoms with Crippen LogP contribution >= 0.6 is 0 Å². The normalized spacial score (nSPS) is 19.6. The number of hydrogen-bond acceptors (Lipinski definition) is 3. The van der Waals surface area contributed by atoms with E-state index in [0.29, 0.717) is 12.5 Å². The number of halogens is 3. The van der Waals surface area contributed by atoms with Crippen LogP contribution in [0.25, 0.3) is 0 Å². The van der Waals surface area contributed by atoms with Gasteiger partial charge in [-0.05, 0) is 12.5 Å². The highest BCUT2D eigenvalue weighted by molar-refractivity contribution is 6.00. The third kappa shape index (κ3) is 2.82. The molecule has 0 saturated carbocycles. The molecule has 7 heteroatoms. The maximum absolute atomic E-state index is 13.4. The van der Waals surface area contributed by atoms with E-state index in [1.165, 1.54) is 7.05 Å². The van der Waals surface area contributed by atoms with Crippen molar-refractivity contribution in [3.05, 3.63) is 35.1 Å². The van der Waals surface area contributed by atoms with Gasteiger partial charge in [-0.1, -0.05) is 0 Å². The number of amides is 2. The first-order chi connectivity index (χ1) is 9.40. The van der Waals surface area contributed by atoms with E-state index in [1.807, 2.05) is 0 Å². The van der Waals surface area contributed by atoms with Gasteiger partial charge < -0.3 is 5.32 Å². The SMILES string of the molecule is CN1C(=O)CCC(NCc2cc(F)c(F)cc2F)C1=O. The van der Waals surface area contributed by atoms with Crippen LogP contribution in [-0.4, -0.2) is 29.8 Å². The maximum atomic E-state index is 13.4. The number of hydrogen-bond donors (Lipinski definition) is 1. The molecule has 1 aromatic rings. The van der Waals surface area contributed by atoms with Crippen LogP contribution in [0.15, 0.2) is 12.1 Å². The minimum atomic E-state index is -1.26. The largest absolute Gasteiger partial charge is 0.302 e. The molecule has 2 rings (SSSR count). The third-order valence-corrected chi connectivity index (χ3v) is 3.28. The van der Waals surface area contributed by atoms with Gasteiger partial charge in [-0.3, -0.25) is 14.5 Å². The number of carbonyl (C=O) groups is 2. The second kappa shape index (κ2) is 5.62. The molecule has 2 amide bonds. The van der Waals surface area contributed by atoms with Gasteiger partial charge in [-0.15, -0.1) is 0 Å². The van der Waals surface area contributed by atoms with E-state index in [-0.39, 0.29) is 24.4 Å². The van der Waals surface area contributed by atoms with E-state index in [9.17, 15) is 22.8 Å². The lowest BCUT2D eigenvalue weighted by Gasteiger charge is -2.28. The Balaban J connectivity index is 2.04. The van der Waals surface area contributed by atoms with Gasteiger partial charge in [0.05, 0.1) is 6.04 Å². The molecule has 20 heavy (non-hydrogen) atoms. The van der Waals surface area contributed by atoms with Crippen molar-refractivity contribution in [3.63, 3.8) is 0 Å². The Kier molecular flexibility index (Phi) is 4.08. The van der Waals surface area contributed by atoms with Gasteiger partial charge in [0.15, 0.2) is 11.6 Å². The molecule has 1 saturated heterocycles. The molecule has 1 fully saturated rings. The van der Waals surface area contributed by atoms with Gasteiger partial charge in [0.1, 0.15) is 5.82 Å². The quantitative estimate of drug-likeness (QED) is 0.674. The minimum Gasteiger partial charge on any atom is -0.302 e. The molecule has 1 atom stereocenters. The zero-order chi connectivity index (χ0) is 14.9. The zero-order valence-electron chi connectivity index (χ0n) is 10.8. The van der Waals surface area contributed by atoms with Crippen LogP contribution in [0.5, 0.6) is 0 Å². The highest BCUT2D eigenvalue weighted by Crippen LogP contribution is 2.16. The molecule has 0 radical (unpaired) electrons. The first-order valence-electron chi connectivity index (χ1n) is 6.07. The maximum Gasteiger partial charge on any atom is 0.246 e. The standard InChI is InChI=1S/C13H13F3N2O2/c1-18-12(19)3-2-11(13(18)20)17-6-7-4-9(15)10(16)5-8(7)14/h4-5,11,17H,2-3,6H2,1H3. The smallest absolute Gasteiger partial charge is 0.246 e. The van der Waals surface area contributed by atoms with Crippen molar-refractivity contribution in [1.29, 1.82) is 0 Å². The summed E-state index contributed by atoms with van der Waals surface area (Å²) in [6, 6.07) is 0.579. The number of piperidine rings is 1. The molecule has 1 aromatic carbocycles. The molecule has 0 aliphatic carbocycles. The van der Waals surface area contributed by atoms with Crippen LogP contribution in [-0.2, 0) is 16.1 Å². The lowest BCUT2D eigenvalue weighted by atomic mass is 10.0. The van der Waals surface area contributed by atoms with Crippen LogP contribution in [0.4, 0.5) is 13.2 Å². The fourth-order valence-electron chi connectivity index (χ4n) is 2.04. The van der Waals surface area contributed by atoms with Gasteiger partial charge in [0, 0.05) is 31.6 Å². The molecule has 0 spiro atoms. The zero-order valence-corrected chi connectivity index (χ0v) is 10.8. The van der Waals surface area contributed by atoms with Crippen molar-refractivity contribution in [3.8, 4) is 0 Å². The summed E-state index contributed by atoms with van der Waals surface area (Å²) in [6.45, 7) is -0.124. The number of nitrogens with zero attached hydrogens (tertiary/aromatic N) is 1. The molecule has 0 aromatic heterocycles. The summed E-state index contributed by atoms with van der Waals surface area (Å²) in [6.07, 6.45) is 0.507. The number of likely N-dealkylation sites (tertiary alicyclic amines) is 1.